The van der Waals surface area contributed by atoms with Crippen LogP contribution in [-0.2, 0) is 20.8 Å². The number of aryl methyl sites for hydroxylation is 2. The lowest BCUT2D eigenvalue weighted by atomic mass is 9.81. The van der Waals surface area contributed by atoms with Crippen LogP contribution < -0.4 is 0 Å². The zero-order valence-corrected chi connectivity index (χ0v) is 14.0. The number of carbonyl (C=O) groups is 3. The quantitative estimate of drug-likeness (QED) is 0.844. The van der Waals surface area contributed by atoms with E-state index in [0.29, 0.717) is 18.0 Å². The molecule has 0 spiro atoms. The molecule has 0 unspecified atom stereocenters. The Morgan fingerprint density at radius 2 is 2.08 bits per heavy atom. The van der Waals surface area contributed by atoms with Crippen molar-refractivity contribution in [2.45, 2.75) is 27.2 Å². The maximum Gasteiger partial charge on any atom is 0.314 e. The zero-order chi connectivity index (χ0) is 17.6. The van der Waals surface area contributed by atoms with Gasteiger partial charge in [-0.2, -0.15) is 0 Å². The van der Waals surface area contributed by atoms with E-state index in [1.165, 1.54) is 4.90 Å². The van der Waals surface area contributed by atoms with Gasteiger partial charge in [-0.05, 0) is 20.8 Å². The van der Waals surface area contributed by atoms with Crippen molar-refractivity contribution in [3.63, 3.8) is 0 Å². The first-order valence-electron chi connectivity index (χ1n) is 8.02. The zero-order valence-electron chi connectivity index (χ0n) is 14.0. The van der Waals surface area contributed by atoms with Gasteiger partial charge < -0.3 is 19.4 Å². The van der Waals surface area contributed by atoms with E-state index in [4.69, 9.17) is 4.52 Å². The largest absolute Gasteiger partial charge is 0.481 e. The number of nitrogens with zero attached hydrogens (tertiary/aromatic N) is 3. The van der Waals surface area contributed by atoms with Crippen LogP contribution in [0.5, 0.6) is 0 Å². The second-order valence-corrected chi connectivity index (χ2v) is 6.62. The van der Waals surface area contributed by atoms with Crippen molar-refractivity contribution < 1.29 is 24.0 Å². The first kappa shape index (κ1) is 16.5. The molecule has 0 bridgehead atoms. The smallest absolute Gasteiger partial charge is 0.314 e. The number of rotatable bonds is 4. The van der Waals surface area contributed by atoms with Crippen molar-refractivity contribution in [1.82, 2.24) is 15.0 Å². The second-order valence-electron chi connectivity index (χ2n) is 6.62. The summed E-state index contributed by atoms with van der Waals surface area (Å²) in [4.78, 5) is 40.0. The van der Waals surface area contributed by atoms with Gasteiger partial charge in [0.15, 0.2) is 0 Å². The van der Waals surface area contributed by atoms with E-state index in [2.05, 4.69) is 5.16 Å². The van der Waals surface area contributed by atoms with Crippen LogP contribution >= 0.6 is 0 Å². The second kappa shape index (κ2) is 5.61. The number of amides is 2. The lowest BCUT2D eigenvalue weighted by Crippen LogP contribution is -2.42. The van der Waals surface area contributed by atoms with E-state index in [-0.39, 0.29) is 37.9 Å². The molecule has 2 fully saturated rings. The van der Waals surface area contributed by atoms with Gasteiger partial charge in [-0.3, -0.25) is 14.4 Å². The van der Waals surface area contributed by atoms with Crippen molar-refractivity contribution in [3.05, 3.63) is 17.0 Å². The first-order chi connectivity index (χ1) is 11.3. The minimum absolute atomic E-state index is 0.0669. The predicted molar refractivity (Wildman–Crippen MR) is 82.1 cm³/mol. The third kappa shape index (κ3) is 2.28. The van der Waals surface area contributed by atoms with Crippen LogP contribution in [0.25, 0.3) is 0 Å². The Morgan fingerprint density at radius 1 is 1.38 bits per heavy atom. The van der Waals surface area contributed by atoms with Crippen LogP contribution in [0.1, 0.15) is 23.9 Å². The fraction of sp³-hybridized carbons (Fsp3) is 0.625. The van der Waals surface area contributed by atoms with Crippen molar-refractivity contribution >= 4 is 17.8 Å². The predicted octanol–water partition coefficient (Wildman–Crippen LogP) is 0.225. The maximum atomic E-state index is 12.6. The van der Waals surface area contributed by atoms with E-state index >= 15 is 0 Å². The van der Waals surface area contributed by atoms with E-state index in [1.807, 2.05) is 6.92 Å². The van der Waals surface area contributed by atoms with Crippen LogP contribution in [0.2, 0.25) is 0 Å². The number of aromatic nitrogens is 1. The van der Waals surface area contributed by atoms with Gasteiger partial charge in [0, 0.05) is 31.7 Å². The monoisotopic (exact) mass is 335 g/mol. The molecule has 2 amide bonds. The summed E-state index contributed by atoms with van der Waals surface area (Å²) in [5, 5.41) is 13.5. The number of carbonyl (C=O) groups excluding carboxylic acids is 2. The molecule has 2 aliphatic rings. The Balaban J connectivity index is 1.80. The molecule has 1 aromatic rings. The van der Waals surface area contributed by atoms with E-state index in [9.17, 15) is 19.5 Å². The molecular weight excluding hydrogens is 314 g/mol. The molecule has 0 saturated carbocycles. The molecule has 2 aliphatic heterocycles. The molecule has 3 rings (SSSR count). The number of carboxylic acid groups (broad SMARTS) is 1. The highest BCUT2D eigenvalue weighted by Gasteiger charge is 2.62. The van der Waals surface area contributed by atoms with Crippen LogP contribution in [0.3, 0.4) is 0 Å². The Hall–Kier alpha value is -2.38. The van der Waals surface area contributed by atoms with Crippen molar-refractivity contribution in [1.29, 1.82) is 0 Å². The number of likely N-dealkylation sites (tertiary alicyclic amines) is 2. The number of fused-ring (bicyclic) bond motifs is 1. The van der Waals surface area contributed by atoms with Gasteiger partial charge in [0.25, 0.3) is 0 Å². The van der Waals surface area contributed by atoms with Gasteiger partial charge in [-0.1, -0.05) is 5.16 Å². The molecule has 8 heteroatoms. The molecule has 0 radical (unpaired) electrons. The average molecular weight is 335 g/mol. The minimum atomic E-state index is -1.19. The fourth-order valence-electron chi connectivity index (χ4n) is 3.78. The summed E-state index contributed by atoms with van der Waals surface area (Å²) in [6.45, 7) is 6.20. The molecular formula is C16H21N3O5. The molecule has 0 aliphatic carbocycles. The first-order valence-corrected chi connectivity index (χ1v) is 8.02. The third-order valence-corrected chi connectivity index (χ3v) is 5.30. The summed E-state index contributed by atoms with van der Waals surface area (Å²) in [6.07, 6.45) is 0.106. The summed E-state index contributed by atoms with van der Waals surface area (Å²) < 4.78 is 5.06. The minimum Gasteiger partial charge on any atom is -0.481 e. The molecule has 1 aromatic heterocycles. The van der Waals surface area contributed by atoms with Crippen molar-refractivity contribution in [2.24, 2.45) is 11.3 Å². The van der Waals surface area contributed by atoms with Crippen LogP contribution in [0.15, 0.2) is 4.52 Å². The van der Waals surface area contributed by atoms with Crippen LogP contribution in [0.4, 0.5) is 0 Å². The van der Waals surface area contributed by atoms with Gasteiger partial charge in [0.2, 0.25) is 11.8 Å². The van der Waals surface area contributed by atoms with Gasteiger partial charge in [0.05, 0.1) is 18.0 Å². The molecule has 3 heterocycles. The standard InChI is InChI=1S/C16H21N3O5/c1-4-18-7-16(15(22)23)8-19(6-12(16)14(18)21)13(20)5-11-9(2)17-24-10(11)3/h12H,4-8H2,1-3H3,(H,22,23)/t12-,16+/m0/s1. The van der Waals surface area contributed by atoms with E-state index in [0.717, 1.165) is 5.56 Å². The Bertz CT molecular complexity index is 693. The van der Waals surface area contributed by atoms with E-state index < -0.39 is 17.3 Å². The van der Waals surface area contributed by atoms with Gasteiger partial charge >= 0.3 is 5.97 Å². The summed E-state index contributed by atoms with van der Waals surface area (Å²) in [5.41, 5.74) is 0.186. The highest BCUT2D eigenvalue weighted by Crippen LogP contribution is 2.43. The molecule has 1 N–H and O–H groups in total. The van der Waals surface area contributed by atoms with Gasteiger partial charge in [-0.15, -0.1) is 0 Å². The Kier molecular flexibility index (Phi) is 3.85. The molecule has 130 valence electrons. The Morgan fingerprint density at radius 3 is 2.58 bits per heavy atom. The normalized spacial score (nSPS) is 26.1. The number of carboxylic acids is 1. The molecule has 8 nitrogen and oxygen atoms in total. The third-order valence-electron chi connectivity index (χ3n) is 5.30. The van der Waals surface area contributed by atoms with Crippen LogP contribution in [-0.4, -0.2) is 64.0 Å². The lowest BCUT2D eigenvalue weighted by molar-refractivity contribution is -0.150. The molecule has 0 aromatic carbocycles. The number of hydrogen-bond donors (Lipinski definition) is 1. The molecule has 24 heavy (non-hydrogen) atoms. The highest BCUT2D eigenvalue weighted by molar-refractivity contribution is 5.94. The average Bonchev–Trinajstić information content (AvgIpc) is 3.15. The van der Waals surface area contributed by atoms with Gasteiger partial charge in [0.1, 0.15) is 11.2 Å². The maximum absolute atomic E-state index is 12.6. The Labute approximate surface area is 139 Å². The summed E-state index contributed by atoms with van der Waals surface area (Å²) in [6, 6.07) is 0. The number of hydrogen-bond acceptors (Lipinski definition) is 5. The summed E-state index contributed by atoms with van der Waals surface area (Å²) >= 11 is 0. The fourth-order valence-corrected chi connectivity index (χ4v) is 3.78. The molecule has 2 saturated heterocycles. The van der Waals surface area contributed by atoms with Crippen molar-refractivity contribution in [3.8, 4) is 0 Å². The molecule has 2 atom stereocenters. The lowest BCUT2D eigenvalue weighted by Gasteiger charge is -2.24. The van der Waals surface area contributed by atoms with Crippen molar-refractivity contribution in [2.75, 3.05) is 26.2 Å². The van der Waals surface area contributed by atoms with Crippen LogP contribution in [0, 0.1) is 25.2 Å². The summed E-state index contributed by atoms with van der Waals surface area (Å²) in [7, 11) is 0. The topological polar surface area (TPSA) is 104 Å². The number of aliphatic carboxylic acids is 1. The SMILES string of the molecule is CCN1C[C@@]2(C(=O)O)CN(C(=O)Cc3c(C)noc3C)C[C@H]2C1=O. The summed E-state index contributed by atoms with van der Waals surface area (Å²) in [5.74, 6) is -1.46. The highest BCUT2D eigenvalue weighted by atomic mass is 16.5. The van der Waals surface area contributed by atoms with E-state index in [1.54, 1.807) is 18.7 Å². The van der Waals surface area contributed by atoms with Gasteiger partial charge in [-0.25, -0.2) is 0 Å².